The van der Waals surface area contributed by atoms with Crippen LogP contribution in [0.15, 0.2) is 36.4 Å². The van der Waals surface area contributed by atoms with E-state index in [1.807, 2.05) is 17.7 Å². The molecule has 1 aromatic heterocycles. The molecule has 2 aromatic rings. The Hall–Kier alpha value is -4.18. The van der Waals surface area contributed by atoms with Crippen molar-refractivity contribution >= 4 is 56.2 Å². The highest BCUT2D eigenvalue weighted by Crippen LogP contribution is 2.48. The number of benzene rings is 1. The SMILES string of the molecule is COc1ccc2c(O[C@@H]3C[C@H]4C(=O)N[C@]5(C(=O)NS(=O)(=O)C6(CF)CC6)C[C@H]5/C=C\CC[C@@H](C)C[C@@H](C)[C@H](NC(=O)O)C(=O)N4C3)nc(Cl)cc2c1. The molecule has 17 heteroatoms. The second-order valence-corrected chi connectivity index (χ2v) is 17.1. The number of ether oxygens (including phenoxy) is 2. The number of hydrogen-bond acceptors (Lipinski definition) is 9. The minimum atomic E-state index is -4.39. The molecular formula is C35H43ClFN5O9S. The molecule has 1 saturated heterocycles. The largest absolute Gasteiger partial charge is 0.497 e. The van der Waals surface area contributed by atoms with E-state index in [0.29, 0.717) is 35.8 Å². The molecule has 0 unspecified atom stereocenters. The smallest absolute Gasteiger partial charge is 0.405 e. The molecule has 4 aliphatic rings. The molecule has 7 atom stereocenters. The van der Waals surface area contributed by atoms with E-state index in [1.165, 1.54) is 12.0 Å². The highest BCUT2D eigenvalue weighted by atomic mass is 35.5. The summed E-state index contributed by atoms with van der Waals surface area (Å²) in [5.74, 6) is -2.62. The first-order valence-electron chi connectivity index (χ1n) is 17.3. The molecular weight excluding hydrogens is 721 g/mol. The maximum atomic E-state index is 14.3. The van der Waals surface area contributed by atoms with Crippen LogP contribution in [0.25, 0.3) is 10.8 Å². The third-order valence-corrected chi connectivity index (χ3v) is 13.1. The van der Waals surface area contributed by atoms with Gasteiger partial charge < -0.3 is 30.1 Å². The number of pyridine rings is 1. The Labute approximate surface area is 305 Å². The third-order valence-electron chi connectivity index (χ3n) is 10.8. The highest BCUT2D eigenvalue weighted by molar-refractivity contribution is 7.91. The number of methoxy groups -OCH3 is 1. The molecule has 14 nitrogen and oxygen atoms in total. The first-order valence-corrected chi connectivity index (χ1v) is 19.2. The molecule has 3 fully saturated rings. The van der Waals surface area contributed by atoms with E-state index in [-0.39, 0.29) is 49.2 Å². The number of aromatic nitrogens is 1. The van der Waals surface area contributed by atoms with Crippen LogP contribution in [0.1, 0.15) is 58.8 Å². The lowest BCUT2D eigenvalue weighted by Gasteiger charge is -2.32. The molecule has 1 aromatic carbocycles. The van der Waals surface area contributed by atoms with Gasteiger partial charge in [0.2, 0.25) is 27.7 Å². The fraction of sp³-hybridized carbons (Fsp3) is 0.571. The molecule has 4 amide bonds. The van der Waals surface area contributed by atoms with Crippen molar-refractivity contribution < 1.29 is 46.6 Å². The van der Waals surface area contributed by atoms with Gasteiger partial charge in [-0.15, -0.1) is 0 Å². The third kappa shape index (κ3) is 7.36. The van der Waals surface area contributed by atoms with Crippen molar-refractivity contribution in [2.45, 2.75) is 87.3 Å². The molecule has 282 valence electrons. The highest BCUT2D eigenvalue weighted by Gasteiger charge is 2.64. The Morgan fingerprint density at radius 2 is 1.94 bits per heavy atom. The number of sulfonamides is 1. The average molecular weight is 764 g/mol. The average Bonchev–Trinajstić information content (AvgIpc) is 3.99. The van der Waals surface area contributed by atoms with Gasteiger partial charge in [0.1, 0.15) is 46.1 Å². The lowest BCUT2D eigenvalue weighted by Crippen LogP contribution is -2.59. The standard InChI is InChI=1S/C35H43ClFN5O9S/c1-19-6-4-5-7-22-16-35(22,32(45)41-52(48,49)34(18-37)10-11-34)40-29(43)26-15-24(17-42(26)31(44)28(20(2)12-19)39-33(46)47)51-30-25-9-8-23(50-3)13-21(25)14-27(36)38-30/h5,7-9,13-14,19-20,22,24,26,28,39H,4,6,10-12,15-18H2,1-3H3,(H,40,43)(H,41,45)(H,46,47)/b7-5-/t19-,20-,22-,24-,26+,28+,35-/m1/s1. The van der Waals surface area contributed by atoms with Gasteiger partial charge in [-0.05, 0) is 80.0 Å². The van der Waals surface area contributed by atoms with E-state index >= 15 is 0 Å². The van der Waals surface area contributed by atoms with Crippen LogP contribution in [-0.2, 0) is 24.4 Å². The summed E-state index contributed by atoms with van der Waals surface area (Å²) in [4.78, 5) is 60.0. The summed E-state index contributed by atoms with van der Waals surface area (Å²) in [5, 5.41) is 16.2. The molecule has 52 heavy (non-hydrogen) atoms. The molecule has 2 aliphatic carbocycles. The Kier molecular flexibility index (Phi) is 10.4. The molecule has 3 heterocycles. The number of amides is 4. The van der Waals surface area contributed by atoms with Crippen LogP contribution < -0.4 is 24.8 Å². The zero-order valence-corrected chi connectivity index (χ0v) is 30.6. The van der Waals surface area contributed by atoms with E-state index in [9.17, 15) is 37.1 Å². The predicted octanol–water partition coefficient (Wildman–Crippen LogP) is 3.72. The lowest BCUT2D eigenvalue weighted by molar-refractivity contribution is -0.142. The minimum Gasteiger partial charge on any atom is -0.497 e. The Bertz CT molecular complexity index is 1910. The monoisotopic (exact) mass is 763 g/mol. The zero-order chi connectivity index (χ0) is 37.6. The number of allylic oxidation sites excluding steroid dienone is 1. The summed E-state index contributed by atoms with van der Waals surface area (Å²) in [6, 6.07) is 4.38. The number of alkyl halides is 1. The molecule has 2 saturated carbocycles. The second-order valence-electron chi connectivity index (χ2n) is 14.6. The summed E-state index contributed by atoms with van der Waals surface area (Å²) in [6.07, 6.45) is 3.34. The number of fused-ring (bicyclic) bond motifs is 3. The van der Waals surface area contributed by atoms with Gasteiger partial charge >= 0.3 is 6.09 Å². The minimum absolute atomic E-state index is 0.0712. The molecule has 4 N–H and O–H groups in total. The lowest BCUT2D eigenvalue weighted by atomic mass is 9.88. The quantitative estimate of drug-likeness (QED) is 0.228. The second kappa shape index (κ2) is 14.3. The van der Waals surface area contributed by atoms with Gasteiger partial charge in [0.15, 0.2) is 0 Å². The fourth-order valence-corrected chi connectivity index (χ4v) is 9.05. The van der Waals surface area contributed by atoms with Crippen molar-refractivity contribution in [1.82, 2.24) is 25.2 Å². The maximum absolute atomic E-state index is 14.3. The summed E-state index contributed by atoms with van der Waals surface area (Å²) < 4.78 is 51.9. The molecule has 0 radical (unpaired) electrons. The van der Waals surface area contributed by atoms with Crippen LogP contribution in [-0.4, -0.2) is 96.0 Å². The topological polar surface area (TPSA) is 193 Å². The molecule has 0 spiro atoms. The van der Waals surface area contributed by atoms with Gasteiger partial charge in [0.25, 0.3) is 5.91 Å². The maximum Gasteiger partial charge on any atom is 0.405 e. The van der Waals surface area contributed by atoms with E-state index in [0.717, 1.165) is 0 Å². The normalized spacial score (nSPS) is 30.8. The number of carbonyl (C=O) groups excluding carboxylic acids is 3. The van der Waals surface area contributed by atoms with Crippen molar-refractivity contribution in [3.63, 3.8) is 0 Å². The zero-order valence-electron chi connectivity index (χ0n) is 29.1. The first kappa shape index (κ1) is 37.6. The fourth-order valence-electron chi connectivity index (χ4n) is 7.43. The van der Waals surface area contributed by atoms with Gasteiger partial charge in [-0.3, -0.25) is 19.1 Å². The summed E-state index contributed by atoms with van der Waals surface area (Å²) in [6.45, 7) is 2.48. The van der Waals surface area contributed by atoms with E-state index in [4.69, 9.17) is 21.1 Å². The van der Waals surface area contributed by atoms with Crippen molar-refractivity contribution in [1.29, 1.82) is 0 Å². The van der Waals surface area contributed by atoms with Crippen LogP contribution in [0.2, 0.25) is 5.15 Å². The van der Waals surface area contributed by atoms with Crippen LogP contribution in [0.5, 0.6) is 11.6 Å². The van der Waals surface area contributed by atoms with Gasteiger partial charge in [-0.2, -0.15) is 0 Å². The summed E-state index contributed by atoms with van der Waals surface area (Å²) in [5.41, 5.74) is -1.68. The molecule has 2 aliphatic heterocycles. The van der Waals surface area contributed by atoms with Crippen molar-refractivity contribution in [3.8, 4) is 11.6 Å². The Morgan fingerprint density at radius 1 is 1.19 bits per heavy atom. The van der Waals surface area contributed by atoms with Crippen LogP contribution in [0.3, 0.4) is 0 Å². The number of carboxylic acid groups (broad SMARTS) is 1. The first-order chi connectivity index (χ1) is 24.6. The number of rotatable bonds is 8. The van der Waals surface area contributed by atoms with Gasteiger partial charge in [-0.1, -0.05) is 37.6 Å². The number of nitrogens with zero attached hydrogens (tertiary/aromatic N) is 2. The van der Waals surface area contributed by atoms with Gasteiger partial charge in [0, 0.05) is 17.7 Å². The Balaban J connectivity index is 1.34. The van der Waals surface area contributed by atoms with Gasteiger partial charge in [0.05, 0.1) is 13.7 Å². The Morgan fingerprint density at radius 3 is 2.62 bits per heavy atom. The molecule has 0 bridgehead atoms. The number of hydrogen-bond donors (Lipinski definition) is 4. The van der Waals surface area contributed by atoms with E-state index in [2.05, 4.69) is 15.6 Å². The molecule has 6 rings (SSSR count). The van der Waals surface area contributed by atoms with Gasteiger partial charge in [-0.25, -0.2) is 22.6 Å². The van der Waals surface area contributed by atoms with Crippen molar-refractivity contribution in [2.24, 2.45) is 17.8 Å². The van der Waals surface area contributed by atoms with Crippen molar-refractivity contribution in [2.75, 3.05) is 20.3 Å². The number of nitrogens with one attached hydrogen (secondary N) is 3. The predicted molar refractivity (Wildman–Crippen MR) is 188 cm³/mol. The number of halogens is 2. The summed E-state index contributed by atoms with van der Waals surface area (Å²) >= 11 is 6.34. The van der Waals surface area contributed by atoms with E-state index in [1.54, 1.807) is 37.3 Å². The number of carbonyl (C=O) groups is 4. The summed E-state index contributed by atoms with van der Waals surface area (Å²) in [7, 11) is -2.87. The van der Waals surface area contributed by atoms with E-state index < -0.39 is 80.8 Å². The van der Waals surface area contributed by atoms with Crippen LogP contribution in [0.4, 0.5) is 9.18 Å². The van der Waals surface area contributed by atoms with Crippen LogP contribution in [0, 0.1) is 17.8 Å². The van der Waals surface area contributed by atoms with Crippen LogP contribution >= 0.6 is 11.6 Å². The van der Waals surface area contributed by atoms with Crippen molar-refractivity contribution in [3.05, 3.63) is 41.6 Å².